The summed E-state index contributed by atoms with van der Waals surface area (Å²) in [6, 6.07) is 4.34. The van der Waals surface area contributed by atoms with E-state index in [-0.39, 0.29) is 0 Å². The van der Waals surface area contributed by atoms with Gasteiger partial charge in [0.15, 0.2) is 5.96 Å². The van der Waals surface area contributed by atoms with Crippen molar-refractivity contribution in [2.75, 3.05) is 19.6 Å². The van der Waals surface area contributed by atoms with Crippen LogP contribution in [0.5, 0.6) is 0 Å². The standard InChI is InChI=1S/C16H27N3S/c1-3-17-16(18-9-8-14-6-7-14)19-12-13(2)11-15-5-4-10-20-15/h4-5,10,13-14H,3,6-9,11-12H2,1-2H3,(H2,17,18,19). The van der Waals surface area contributed by atoms with Crippen molar-refractivity contribution >= 4 is 17.3 Å². The molecule has 1 unspecified atom stereocenters. The average Bonchev–Trinajstić information content (AvgIpc) is 3.12. The van der Waals surface area contributed by atoms with E-state index in [0.717, 1.165) is 37.9 Å². The third-order valence-electron chi connectivity index (χ3n) is 3.58. The van der Waals surface area contributed by atoms with E-state index in [2.05, 4.69) is 42.0 Å². The Labute approximate surface area is 126 Å². The number of guanidine groups is 1. The van der Waals surface area contributed by atoms with Gasteiger partial charge in [0.05, 0.1) is 0 Å². The molecular formula is C16H27N3S. The van der Waals surface area contributed by atoms with Crippen molar-refractivity contribution in [2.45, 2.75) is 39.5 Å². The maximum Gasteiger partial charge on any atom is 0.191 e. The van der Waals surface area contributed by atoms with Crippen LogP contribution in [0.25, 0.3) is 0 Å². The van der Waals surface area contributed by atoms with Crippen molar-refractivity contribution < 1.29 is 0 Å². The van der Waals surface area contributed by atoms with Gasteiger partial charge < -0.3 is 10.6 Å². The summed E-state index contributed by atoms with van der Waals surface area (Å²) in [4.78, 5) is 6.17. The Bertz CT molecular complexity index is 396. The zero-order chi connectivity index (χ0) is 14.2. The lowest BCUT2D eigenvalue weighted by atomic mass is 10.1. The van der Waals surface area contributed by atoms with Crippen molar-refractivity contribution in [3.63, 3.8) is 0 Å². The number of thiophene rings is 1. The molecule has 0 aliphatic heterocycles. The Kier molecular flexibility index (Phi) is 6.37. The van der Waals surface area contributed by atoms with Gasteiger partial charge in [0.1, 0.15) is 0 Å². The molecule has 0 aromatic carbocycles. The highest BCUT2D eigenvalue weighted by atomic mass is 32.1. The zero-order valence-corrected chi connectivity index (χ0v) is 13.5. The second-order valence-corrected chi connectivity index (χ2v) is 6.80. The lowest BCUT2D eigenvalue weighted by Gasteiger charge is -2.13. The molecule has 1 saturated carbocycles. The minimum absolute atomic E-state index is 0.590. The SMILES string of the molecule is CCNC(=NCC(C)Cc1cccs1)NCCC1CC1. The normalized spacial score (nSPS) is 17.0. The largest absolute Gasteiger partial charge is 0.357 e. The summed E-state index contributed by atoms with van der Waals surface area (Å²) in [5, 5.41) is 8.93. The molecule has 1 aliphatic rings. The molecule has 2 rings (SSSR count). The van der Waals surface area contributed by atoms with Crippen molar-refractivity contribution in [3.8, 4) is 0 Å². The molecule has 0 saturated heterocycles. The summed E-state index contributed by atoms with van der Waals surface area (Å²) < 4.78 is 0. The molecule has 1 aliphatic carbocycles. The average molecular weight is 293 g/mol. The molecule has 1 heterocycles. The van der Waals surface area contributed by atoms with E-state index in [1.165, 1.54) is 24.1 Å². The molecule has 1 atom stereocenters. The van der Waals surface area contributed by atoms with E-state index in [0.29, 0.717) is 5.92 Å². The lowest BCUT2D eigenvalue weighted by Crippen LogP contribution is -2.38. The summed E-state index contributed by atoms with van der Waals surface area (Å²) in [6.07, 6.45) is 5.26. The summed E-state index contributed by atoms with van der Waals surface area (Å²) in [6.45, 7) is 7.26. The first kappa shape index (κ1) is 15.4. The quantitative estimate of drug-likeness (QED) is 0.570. The van der Waals surface area contributed by atoms with Gasteiger partial charge in [0.2, 0.25) is 0 Å². The molecular weight excluding hydrogens is 266 g/mol. The van der Waals surface area contributed by atoms with E-state index in [9.17, 15) is 0 Å². The smallest absolute Gasteiger partial charge is 0.191 e. The van der Waals surface area contributed by atoms with Crippen LogP contribution in [0.4, 0.5) is 0 Å². The van der Waals surface area contributed by atoms with Crippen LogP contribution in [-0.4, -0.2) is 25.6 Å². The fourth-order valence-corrected chi connectivity index (χ4v) is 3.10. The molecule has 1 fully saturated rings. The van der Waals surface area contributed by atoms with Gasteiger partial charge in [-0.1, -0.05) is 25.8 Å². The van der Waals surface area contributed by atoms with Gasteiger partial charge in [0.25, 0.3) is 0 Å². The number of hydrogen-bond acceptors (Lipinski definition) is 2. The van der Waals surface area contributed by atoms with E-state index >= 15 is 0 Å². The molecule has 0 spiro atoms. The number of rotatable bonds is 8. The molecule has 1 aromatic rings. The summed E-state index contributed by atoms with van der Waals surface area (Å²) in [5.41, 5.74) is 0. The Morgan fingerprint density at radius 1 is 1.45 bits per heavy atom. The first-order chi connectivity index (χ1) is 9.78. The molecule has 4 heteroatoms. The number of aliphatic imine (C=N–C) groups is 1. The van der Waals surface area contributed by atoms with Crippen LogP contribution < -0.4 is 10.6 Å². The maximum absolute atomic E-state index is 4.71. The number of hydrogen-bond donors (Lipinski definition) is 2. The Morgan fingerprint density at radius 3 is 2.95 bits per heavy atom. The van der Waals surface area contributed by atoms with Crippen LogP contribution >= 0.6 is 11.3 Å². The lowest BCUT2D eigenvalue weighted by molar-refractivity contribution is 0.593. The molecule has 0 bridgehead atoms. The number of nitrogens with zero attached hydrogens (tertiary/aromatic N) is 1. The fourth-order valence-electron chi connectivity index (χ4n) is 2.23. The van der Waals surface area contributed by atoms with E-state index in [1.54, 1.807) is 0 Å². The van der Waals surface area contributed by atoms with E-state index in [4.69, 9.17) is 4.99 Å². The summed E-state index contributed by atoms with van der Waals surface area (Å²) in [7, 11) is 0. The first-order valence-electron chi connectivity index (χ1n) is 7.82. The van der Waals surface area contributed by atoms with Crippen molar-refractivity contribution in [2.24, 2.45) is 16.8 Å². The second kappa shape index (κ2) is 8.30. The van der Waals surface area contributed by atoms with Crippen LogP contribution in [-0.2, 0) is 6.42 Å². The monoisotopic (exact) mass is 293 g/mol. The van der Waals surface area contributed by atoms with Crippen molar-refractivity contribution in [1.29, 1.82) is 0 Å². The Hall–Kier alpha value is -1.03. The minimum atomic E-state index is 0.590. The van der Waals surface area contributed by atoms with Gasteiger partial charge in [-0.25, -0.2) is 0 Å². The van der Waals surface area contributed by atoms with Crippen LogP contribution in [0, 0.1) is 11.8 Å². The molecule has 0 radical (unpaired) electrons. The molecule has 0 amide bonds. The van der Waals surface area contributed by atoms with Crippen molar-refractivity contribution in [1.82, 2.24) is 10.6 Å². The zero-order valence-electron chi connectivity index (χ0n) is 12.7. The summed E-state index contributed by atoms with van der Waals surface area (Å²) in [5.74, 6) is 2.54. The van der Waals surface area contributed by atoms with Crippen LogP contribution in [0.2, 0.25) is 0 Å². The third kappa shape index (κ3) is 5.95. The highest BCUT2D eigenvalue weighted by Crippen LogP contribution is 2.31. The van der Waals surface area contributed by atoms with E-state index < -0.39 is 0 Å². The van der Waals surface area contributed by atoms with Gasteiger partial charge >= 0.3 is 0 Å². The topological polar surface area (TPSA) is 36.4 Å². The second-order valence-electron chi connectivity index (χ2n) is 5.77. The molecule has 112 valence electrons. The predicted molar refractivity (Wildman–Crippen MR) is 88.5 cm³/mol. The van der Waals surface area contributed by atoms with Crippen LogP contribution in [0.15, 0.2) is 22.5 Å². The molecule has 1 aromatic heterocycles. The Balaban J connectivity index is 1.71. The molecule has 2 N–H and O–H groups in total. The third-order valence-corrected chi connectivity index (χ3v) is 4.48. The van der Waals surface area contributed by atoms with Crippen LogP contribution in [0.1, 0.15) is 38.0 Å². The van der Waals surface area contributed by atoms with Crippen molar-refractivity contribution in [3.05, 3.63) is 22.4 Å². The van der Waals surface area contributed by atoms with Gasteiger partial charge in [-0.3, -0.25) is 4.99 Å². The maximum atomic E-state index is 4.71. The highest BCUT2D eigenvalue weighted by Gasteiger charge is 2.20. The van der Waals surface area contributed by atoms with Gasteiger partial charge in [-0.15, -0.1) is 11.3 Å². The molecule has 3 nitrogen and oxygen atoms in total. The van der Waals surface area contributed by atoms with E-state index in [1.807, 2.05) is 11.3 Å². The Morgan fingerprint density at radius 2 is 2.30 bits per heavy atom. The molecule has 20 heavy (non-hydrogen) atoms. The first-order valence-corrected chi connectivity index (χ1v) is 8.70. The highest BCUT2D eigenvalue weighted by molar-refractivity contribution is 7.09. The minimum Gasteiger partial charge on any atom is -0.357 e. The van der Waals surface area contributed by atoms with Gasteiger partial charge in [-0.05, 0) is 43.0 Å². The summed E-state index contributed by atoms with van der Waals surface area (Å²) >= 11 is 1.84. The predicted octanol–water partition coefficient (Wildman–Crippen LogP) is 3.28. The van der Waals surface area contributed by atoms with Crippen LogP contribution in [0.3, 0.4) is 0 Å². The number of nitrogens with one attached hydrogen (secondary N) is 2. The van der Waals surface area contributed by atoms with Gasteiger partial charge in [0, 0.05) is 24.5 Å². The van der Waals surface area contributed by atoms with Gasteiger partial charge in [-0.2, -0.15) is 0 Å². The fraction of sp³-hybridized carbons (Fsp3) is 0.688.